The first-order valence-corrected chi connectivity index (χ1v) is 10.7. The molecule has 0 saturated heterocycles. The number of hydrogen-bond donors (Lipinski definition) is 3. The number of fused-ring (bicyclic) bond motifs is 6. The van der Waals surface area contributed by atoms with E-state index >= 15 is 0 Å². The zero-order valence-electron chi connectivity index (χ0n) is 17.8. The molecule has 11 heteroatoms. The Morgan fingerprint density at radius 2 is 2.16 bits per heavy atom. The van der Waals surface area contributed by atoms with Crippen LogP contribution in [0.25, 0.3) is 16.7 Å². The van der Waals surface area contributed by atoms with E-state index in [0.717, 1.165) is 41.5 Å². The molecule has 0 spiro atoms. The van der Waals surface area contributed by atoms with Crippen molar-refractivity contribution in [2.24, 2.45) is 7.05 Å². The molecule has 1 fully saturated rings. The number of aromatic nitrogens is 6. The van der Waals surface area contributed by atoms with Gasteiger partial charge < -0.3 is 20.7 Å². The second-order valence-corrected chi connectivity index (χ2v) is 8.28. The van der Waals surface area contributed by atoms with Crippen LogP contribution >= 0.6 is 0 Å². The Kier molecular flexibility index (Phi) is 4.25. The van der Waals surface area contributed by atoms with E-state index in [1.807, 2.05) is 32.3 Å². The van der Waals surface area contributed by atoms with E-state index in [-0.39, 0.29) is 18.1 Å². The van der Waals surface area contributed by atoms with Crippen molar-refractivity contribution in [3.63, 3.8) is 0 Å². The van der Waals surface area contributed by atoms with Crippen LogP contribution in [-0.4, -0.2) is 54.7 Å². The lowest BCUT2D eigenvalue weighted by molar-refractivity contribution is 0.0273. The quantitative estimate of drug-likeness (QED) is 0.416. The van der Waals surface area contributed by atoms with Gasteiger partial charge in [-0.05, 0) is 37.0 Å². The summed E-state index contributed by atoms with van der Waals surface area (Å²) in [6, 6.07) is 5.83. The number of nitrogens with one attached hydrogen (secondary N) is 3. The first-order valence-electron chi connectivity index (χ1n) is 10.7. The van der Waals surface area contributed by atoms with Gasteiger partial charge in [0.25, 0.3) is 5.91 Å². The predicted molar refractivity (Wildman–Crippen MR) is 118 cm³/mol. The Morgan fingerprint density at radius 3 is 3.03 bits per heavy atom. The van der Waals surface area contributed by atoms with E-state index in [1.165, 1.54) is 0 Å². The molecule has 32 heavy (non-hydrogen) atoms. The third kappa shape index (κ3) is 2.96. The maximum Gasteiger partial charge on any atom is 0.257 e. The van der Waals surface area contributed by atoms with Gasteiger partial charge in [-0.2, -0.15) is 9.61 Å². The molecule has 0 radical (unpaired) electrons. The number of amides is 1. The fraction of sp³-hybridized carbons (Fsp3) is 0.381. The molecule has 0 unspecified atom stereocenters. The van der Waals surface area contributed by atoms with Crippen LogP contribution in [0.2, 0.25) is 0 Å². The number of nitrogens with zero attached hydrogens (tertiary/aromatic N) is 6. The first-order chi connectivity index (χ1) is 15.6. The Bertz CT molecular complexity index is 1360. The number of ether oxygens (including phenoxy) is 1. The average Bonchev–Trinajstić information content (AvgIpc) is 3.50. The SMILES string of the molecule is CNc1cc2nc3c(cnn13)C(=O)N[C@@H]1CCC[C@H]1OCc1cc(c3c(c1)nnn3C)N2. The first kappa shape index (κ1) is 19.0. The van der Waals surface area contributed by atoms with Crippen molar-refractivity contribution in [1.82, 2.24) is 34.9 Å². The van der Waals surface area contributed by atoms with Gasteiger partial charge in [0.2, 0.25) is 0 Å². The van der Waals surface area contributed by atoms with Crippen molar-refractivity contribution < 1.29 is 9.53 Å². The van der Waals surface area contributed by atoms with Gasteiger partial charge >= 0.3 is 0 Å². The number of rotatable bonds is 1. The van der Waals surface area contributed by atoms with Crippen molar-refractivity contribution in [2.75, 3.05) is 17.7 Å². The van der Waals surface area contributed by atoms with Crippen molar-refractivity contribution in [1.29, 1.82) is 0 Å². The number of carbonyl (C=O) groups is 1. The lowest BCUT2D eigenvalue weighted by Crippen LogP contribution is -2.41. The predicted octanol–water partition coefficient (Wildman–Crippen LogP) is 1.98. The highest BCUT2D eigenvalue weighted by Crippen LogP contribution is 2.30. The van der Waals surface area contributed by atoms with E-state index in [1.54, 1.807) is 15.4 Å². The third-order valence-corrected chi connectivity index (χ3v) is 6.23. The minimum Gasteiger partial charge on any atom is -0.373 e. The van der Waals surface area contributed by atoms with Gasteiger partial charge in [-0.1, -0.05) is 5.21 Å². The Labute approximate surface area is 183 Å². The monoisotopic (exact) mass is 433 g/mol. The van der Waals surface area contributed by atoms with Crippen LogP contribution in [0.1, 0.15) is 35.2 Å². The topological polar surface area (TPSA) is 123 Å². The zero-order chi connectivity index (χ0) is 21.8. The highest BCUT2D eigenvalue weighted by molar-refractivity contribution is 6.00. The molecule has 4 heterocycles. The molecule has 1 aromatic carbocycles. The maximum atomic E-state index is 13.1. The van der Waals surface area contributed by atoms with Crippen LogP contribution in [0.4, 0.5) is 17.3 Å². The molecule has 1 aliphatic carbocycles. The van der Waals surface area contributed by atoms with Crippen LogP contribution < -0.4 is 16.0 Å². The molecule has 6 rings (SSSR count). The molecular weight excluding hydrogens is 410 g/mol. The van der Waals surface area contributed by atoms with Gasteiger partial charge in [0.1, 0.15) is 28.2 Å². The minimum absolute atomic E-state index is 0.0471. The van der Waals surface area contributed by atoms with E-state index in [9.17, 15) is 4.79 Å². The van der Waals surface area contributed by atoms with E-state index in [0.29, 0.717) is 29.5 Å². The largest absolute Gasteiger partial charge is 0.373 e. The van der Waals surface area contributed by atoms with Gasteiger partial charge in [-0.25, -0.2) is 9.67 Å². The van der Waals surface area contributed by atoms with E-state index in [2.05, 4.69) is 31.4 Å². The number of carbonyl (C=O) groups excluding carboxylic acids is 1. The fourth-order valence-electron chi connectivity index (χ4n) is 4.68. The number of benzene rings is 1. The molecule has 4 bridgehead atoms. The van der Waals surface area contributed by atoms with Crippen molar-refractivity contribution >= 4 is 39.9 Å². The van der Waals surface area contributed by atoms with Crippen LogP contribution in [0.15, 0.2) is 24.4 Å². The smallest absolute Gasteiger partial charge is 0.257 e. The summed E-state index contributed by atoms with van der Waals surface area (Å²) in [5, 5.41) is 22.5. The van der Waals surface area contributed by atoms with Crippen LogP contribution in [0.3, 0.4) is 0 Å². The Morgan fingerprint density at radius 1 is 1.25 bits per heavy atom. The van der Waals surface area contributed by atoms with Crippen LogP contribution in [-0.2, 0) is 18.4 Å². The van der Waals surface area contributed by atoms with Gasteiger partial charge in [0.15, 0.2) is 5.65 Å². The summed E-state index contributed by atoms with van der Waals surface area (Å²) in [5.74, 6) is 1.09. The highest BCUT2D eigenvalue weighted by atomic mass is 16.5. The second kappa shape index (κ2) is 7.16. The van der Waals surface area contributed by atoms with Crippen molar-refractivity contribution in [3.8, 4) is 0 Å². The Hall–Kier alpha value is -3.73. The average molecular weight is 433 g/mol. The minimum atomic E-state index is -0.194. The third-order valence-electron chi connectivity index (χ3n) is 6.23. The molecule has 3 N–H and O–H groups in total. The summed E-state index contributed by atoms with van der Waals surface area (Å²) in [7, 11) is 3.66. The molecule has 11 nitrogen and oxygen atoms in total. The maximum absolute atomic E-state index is 13.1. The lowest BCUT2D eigenvalue weighted by atomic mass is 10.1. The number of anilines is 3. The summed E-state index contributed by atoms with van der Waals surface area (Å²) >= 11 is 0. The van der Waals surface area contributed by atoms with Crippen molar-refractivity contribution in [2.45, 2.75) is 38.0 Å². The lowest BCUT2D eigenvalue weighted by Gasteiger charge is -2.22. The van der Waals surface area contributed by atoms with Gasteiger partial charge in [-0.3, -0.25) is 4.79 Å². The summed E-state index contributed by atoms with van der Waals surface area (Å²) in [5.41, 5.74) is 4.33. The molecular formula is C21H23N9O2. The van der Waals surface area contributed by atoms with Crippen molar-refractivity contribution in [3.05, 3.63) is 35.5 Å². The molecule has 1 saturated carbocycles. The number of aryl methyl sites for hydroxylation is 1. The van der Waals surface area contributed by atoms with E-state index in [4.69, 9.17) is 9.72 Å². The molecule has 2 atom stereocenters. The van der Waals surface area contributed by atoms with Crippen LogP contribution in [0, 0.1) is 0 Å². The fourth-order valence-corrected chi connectivity index (χ4v) is 4.68. The summed E-state index contributed by atoms with van der Waals surface area (Å²) in [4.78, 5) is 17.9. The second-order valence-electron chi connectivity index (χ2n) is 8.28. The molecule has 164 valence electrons. The summed E-state index contributed by atoms with van der Waals surface area (Å²) in [6.45, 7) is 0.422. The molecule has 1 amide bonds. The van der Waals surface area contributed by atoms with Gasteiger partial charge in [0.05, 0.1) is 30.6 Å². The molecule has 1 aliphatic heterocycles. The molecule has 3 aromatic heterocycles. The number of hydrogen-bond acceptors (Lipinski definition) is 8. The van der Waals surface area contributed by atoms with Crippen LogP contribution in [0.5, 0.6) is 0 Å². The van der Waals surface area contributed by atoms with Gasteiger partial charge in [0, 0.05) is 20.2 Å². The summed E-state index contributed by atoms with van der Waals surface area (Å²) in [6.07, 6.45) is 4.31. The molecule has 4 aromatic rings. The standard InChI is InChI=1S/C21H23N9O2/c1-22-18-8-17-24-14-6-11(7-15-19(14)29(2)28-27-15)10-32-16-5-3-4-13(16)25-21(31)12-9-23-30(18)20(12)26-17/h6-9,13,16,22H,3-5,10H2,1-2H3,(H,24,26)(H,25,31)/t13-,16-/m1/s1. The molecule has 2 aliphatic rings. The normalized spacial score (nSPS) is 20.8. The summed E-state index contributed by atoms with van der Waals surface area (Å²) < 4.78 is 9.61. The van der Waals surface area contributed by atoms with Gasteiger partial charge in [-0.15, -0.1) is 5.10 Å². The zero-order valence-corrected chi connectivity index (χ0v) is 17.8. The Balaban J connectivity index is 1.56. The van der Waals surface area contributed by atoms with E-state index < -0.39 is 0 Å². The highest BCUT2D eigenvalue weighted by Gasteiger charge is 2.31.